The number of carbonyl (C=O) groups excluding carboxylic acids is 1. The minimum Gasteiger partial charge on any atom is -0.337 e. The van der Waals surface area contributed by atoms with Crippen molar-refractivity contribution < 1.29 is 13.2 Å². The molecule has 1 N–H and O–H groups in total. The van der Waals surface area contributed by atoms with Crippen molar-refractivity contribution in [2.24, 2.45) is 0 Å². The third-order valence-corrected chi connectivity index (χ3v) is 7.74. The van der Waals surface area contributed by atoms with Gasteiger partial charge in [0.1, 0.15) is 5.56 Å². The number of para-hydroxylation sites is 1. The number of nitrogens with zero attached hydrogens (tertiary/aromatic N) is 2. The van der Waals surface area contributed by atoms with E-state index in [-0.39, 0.29) is 12.1 Å². The Morgan fingerprint density at radius 2 is 1.93 bits per heavy atom. The van der Waals surface area contributed by atoms with Crippen LogP contribution in [0, 0.1) is 6.92 Å². The van der Waals surface area contributed by atoms with Crippen LogP contribution >= 0.6 is 0 Å². The van der Waals surface area contributed by atoms with E-state index in [1.54, 1.807) is 13.0 Å². The molecule has 1 aromatic carbocycles. The number of rotatable bonds is 3. The maximum atomic E-state index is 13.3. The van der Waals surface area contributed by atoms with Crippen molar-refractivity contribution in [2.75, 3.05) is 23.9 Å². The molecule has 28 heavy (non-hydrogen) atoms. The fourth-order valence-electron chi connectivity index (χ4n) is 4.03. The van der Waals surface area contributed by atoms with E-state index in [4.69, 9.17) is 0 Å². The van der Waals surface area contributed by atoms with Crippen molar-refractivity contribution in [3.63, 3.8) is 0 Å². The van der Waals surface area contributed by atoms with Gasteiger partial charge in [-0.3, -0.25) is 13.9 Å². The summed E-state index contributed by atoms with van der Waals surface area (Å²) in [5.41, 5.74) is 2.05. The number of hydrogen-bond acceptors (Lipinski definition) is 4. The van der Waals surface area contributed by atoms with Crippen molar-refractivity contribution in [2.45, 2.75) is 31.4 Å². The van der Waals surface area contributed by atoms with Crippen molar-refractivity contribution in [1.82, 2.24) is 9.88 Å². The van der Waals surface area contributed by atoms with Gasteiger partial charge in [-0.05, 0) is 49.9 Å². The predicted octanol–water partition coefficient (Wildman–Crippen LogP) is 1.68. The van der Waals surface area contributed by atoms with Crippen LogP contribution in [0.4, 0.5) is 5.69 Å². The first-order valence-electron chi connectivity index (χ1n) is 9.46. The van der Waals surface area contributed by atoms with E-state index in [2.05, 4.69) is 4.98 Å². The summed E-state index contributed by atoms with van der Waals surface area (Å²) in [6.45, 7) is 2.73. The van der Waals surface area contributed by atoms with E-state index in [1.807, 2.05) is 24.3 Å². The Kier molecular flexibility index (Phi) is 4.74. The average Bonchev–Trinajstić information content (AvgIpc) is 3.12. The van der Waals surface area contributed by atoms with E-state index in [0.717, 1.165) is 11.3 Å². The Bertz CT molecular complexity index is 1080. The van der Waals surface area contributed by atoms with Crippen LogP contribution in [0.15, 0.2) is 41.2 Å². The van der Waals surface area contributed by atoms with E-state index in [0.29, 0.717) is 38.0 Å². The molecule has 2 aromatic rings. The second-order valence-corrected chi connectivity index (χ2v) is 9.53. The van der Waals surface area contributed by atoms with Gasteiger partial charge < -0.3 is 9.88 Å². The van der Waals surface area contributed by atoms with Crippen LogP contribution in [0.5, 0.6) is 0 Å². The lowest BCUT2D eigenvalue weighted by Gasteiger charge is -2.35. The molecule has 1 saturated heterocycles. The van der Waals surface area contributed by atoms with Crippen LogP contribution in [0.1, 0.15) is 34.5 Å². The molecular formula is C20H23N3O4S. The van der Waals surface area contributed by atoms with Gasteiger partial charge in [-0.15, -0.1) is 0 Å². The normalized spacial score (nSPS) is 19.5. The Morgan fingerprint density at radius 1 is 1.14 bits per heavy atom. The van der Waals surface area contributed by atoms with Crippen molar-refractivity contribution >= 4 is 21.6 Å². The molecule has 1 fully saturated rings. The topological polar surface area (TPSA) is 90.6 Å². The van der Waals surface area contributed by atoms with Gasteiger partial charge in [0.2, 0.25) is 10.0 Å². The Morgan fingerprint density at radius 3 is 2.71 bits per heavy atom. The number of anilines is 1. The summed E-state index contributed by atoms with van der Waals surface area (Å²) < 4.78 is 28.1. The molecule has 1 aromatic heterocycles. The summed E-state index contributed by atoms with van der Waals surface area (Å²) in [7, 11) is -3.59. The summed E-state index contributed by atoms with van der Waals surface area (Å²) in [6.07, 6.45) is 1.80. The molecule has 7 nitrogen and oxygen atoms in total. The van der Waals surface area contributed by atoms with Gasteiger partial charge in [-0.2, -0.15) is 0 Å². The van der Waals surface area contributed by atoms with Gasteiger partial charge >= 0.3 is 0 Å². The molecule has 1 amide bonds. The third-order valence-electron chi connectivity index (χ3n) is 5.52. The fourth-order valence-corrected chi connectivity index (χ4v) is 6.02. The predicted molar refractivity (Wildman–Crippen MR) is 107 cm³/mol. The van der Waals surface area contributed by atoms with E-state index in [1.165, 1.54) is 15.3 Å². The van der Waals surface area contributed by atoms with Crippen LogP contribution in [0.25, 0.3) is 0 Å². The number of likely N-dealkylation sites (tertiary alicyclic amines) is 1. The summed E-state index contributed by atoms with van der Waals surface area (Å²) >= 11 is 0. The number of hydrogen-bond donors (Lipinski definition) is 1. The number of aryl methyl sites for hydroxylation is 1. The summed E-state index contributed by atoms with van der Waals surface area (Å²) in [5.74, 6) is -0.414. The first-order chi connectivity index (χ1) is 13.4. The van der Waals surface area contributed by atoms with Gasteiger partial charge in [-0.1, -0.05) is 18.2 Å². The number of nitrogens with one attached hydrogen (secondary N) is 1. The number of fused-ring (bicyclic) bond motifs is 1. The zero-order chi connectivity index (χ0) is 19.9. The highest BCUT2D eigenvalue weighted by molar-refractivity contribution is 7.93. The molecule has 148 valence electrons. The van der Waals surface area contributed by atoms with Crippen LogP contribution in [0.2, 0.25) is 0 Å². The average molecular weight is 401 g/mol. The number of piperidine rings is 1. The standard InChI is InChI=1S/C20H23N3O4S/c1-14-8-9-17(19(24)21-14)20(25)22-11-4-6-16(13-22)28(26,27)23-12-10-15-5-2-3-7-18(15)23/h2-3,5,7-9,16H,4,6,10-13H2,1H3,(H,21,24)/t16-/m0/s1. The molecule has 4 rings (SSSR count). The summed E-state index contributed by atoms with van der Waals surface area (Å²) in [6, 6.07) is 10.7. The smallest absolute Gasteiger partial charge is 0.260 e. The lowest BCUT2D eigenvalue weighted by atomic mass is 10.1. The lowest BCUT2D eigenvalue weighted by Crippen LogP contribution is -2.50. The van der Waals surface area contributed by atoms with Crippen molar-refractivity contribution in [3.05, 3.63) is 63.6 Å². The van der Waals surface area contributed by atoms with Gasteiger partial charge in [0.15, 0.2) is 0 Å². The van der Waals surface area contributed by atoms with Crippen molar-refractivity contribution in [1.29, 1.82) is 0 Å². The third kappa shape index (κ3) is 3.22. The monoisotopic (exact) mass is 401 g/mol. The molecule has 0 bridgehead atoms. The summed E-state index contributed by atoms with van der Waals surface area (Å²) in [4.78, 5) is 29.1. The molecule has 0 unspecified atom stereocenters. The maximum Gasteiger partial charge on any atom is 0.260 e. The van der Waals surface area contributed by atoms with Crippen LogP contribution in [-0.4, -0.2) is 49.1 Å². The molecule has 0 aliphatic carbocycles. The number of benzene rings is 1. The zero-order valence-corrected chi connectivity index (χ0v) is 16.5. The molecule has 2 aliphatic heterocycles. The SMILES string of the molecule is Cc1ccc(C(=O)N2CCC[C@H](S(=O)(=O)N3CCc4ccccc43)C2)c(=O)[nH]1. The Balaban J connectivity index is 1.57. The maximum absolute atomic E-state index is 13.3. The lowest BCUT2D eigenvalue weighted by molar-refractivity contribution is 0.0725. The van der Waals surface area contributed by atoms with E-state index >= 15 is 0 Å². The molecule has 0 radical (unpaired) electrons. The van der Waals surface area contributed by atoms with Gasteiger partial charge in [0.05, 0.1) is 10.9 Å². The van der Waals surface area contributed by atoms with Crippen LogP contribution in [0.3, 0.4) is 0 Å². The number of carbonyl (C=O) groups is 1. The number of amides is 1. The number of aromatic nitrogens is 1. The minimum absolute atomic E-state index is 0.0511. The Labute approximate surface area is 164 Å². The minimum atomic E-state index is -3.59. The highest BCUT2D eigenvalue weighted by Crippen LogP contribution is 2.33. The number of sulfonamides is 1. The Hall–Kier alpha value is -2.61. The second kappa shape index (κ2) is 7.09. The molecule has 1 atom stereocenters. The van der Waals surface area contributed by atoms with Crippen LogP contribution < -0.4 is 9.86 Å². The van der Waals surface area contributed by atoms with E-state index < -0.39 is 26.7 Å². The van der Waals surface area contributed by atoms with Gasteiger partial charge in [0.25, 0.3) is 11.5 Å². The van der Waals surface area contributed by atoms with Gasteiger partial charge in [0, 0.05) is 25.3 Å². The molecule has 0 spiro atoms. The summed E-state index contributed by atoms with van der Waals surface area (Å²) in [5, 5.41) is -0.666. The van der Waals surface area contributed by atoms with E-state index in [9.17, 15) is 18.0 Å². The van der Waals surface area contributed by atoms with Crippen molar-refractivity contribution in [3.8, 4) is 0 Å². The quantitative estimate of drug-likeness (QED) is 0.847. The first-order valence-corrected chi connectivity index (χ1v) is 11.0. The molecule has 2 aliphatic rings. The fraction of sp³-hybridized carbons (Fsp3) is 0.400. The molecular weight excluding hydrogens is 378 g/mol. The largest absolute Gasteiger partial charge is 0.337 e. The van der Waals surface area contributed by atoms with Gasteiger partial charge in [-0.25, -0.2) is 8.42 Å². The molecule has 8 heteroatoms. The number of aromatic amines is 1. The first kappa shape index (κ1) is 18.7. The highest BCUT2D eigenvalue weighted by atomic mass is 32.2. The zero-order valence-electron chi connectivity index (χ0n) is 15.7. The van der Waals surface area contributed by atoms with Crippen LogP contribution in [-0.2, 0) is 16.4 Å². The number of H-pyrrole nitrogens is 1. The molecule has 3 heterocycles. The molecule has 0 saturated carbocycles. The second-order valence-electron chi connectivity index (χ2n) is 7.40. The number of pyridine rings is 1. The highest BCUT2D eigenvalue weighted by Gasteiger charge is 2.39.